The maximum atomic E-state index is 12.6. The summed E-state index contributed by atoms with van der Waals surface area (Å²) in [4.78, 5) is 27.2. The second-order valence-electron chi connectivity index (χ2n) is 6.78. The number of hydrogen-bond acceptors (Lipinski definition) is 7. The fraction of sp³-hybridized carbons (Fsp3) is 0.421. The quantitative estimate of drug-likeness (QED) is 0.778. The van der Waals surface area contributed by atoms with Gasteiger partial charge in [-0.1, -0.05) is 6.07 Å². The monoisotopic (exact) mass is 369 g/mol. The van der Waals surface area contributed by atoms with Crippen LogP contribution in [-0.2, 0) is 11.3 Å². The van der Waals surface area contributed by atoms with E-state index in [4.69, 9.17) is 9.47 Å². The molecule has 0 radical (unpaired) electrons. The number of amides is 1. The Hall–Kier alpha value is -2.87. The van der Waals surface area contributed by atoms with Gasteiger partial charge in [0.05, 0.1) is 6.54 Å². The molecule has 8 nitrogen and oxygen atoms in total. The molecule has 8 heteroatoms. The number of nitrogens with zero attached hydrogens (tertiary/aromatic N) is 5. The van der Waals surface area contributed by atoms with Crippen molar-refractivity contribution in [2.75, 3.05) is 51.5 Å². The first-order valence-corrected chi connectivity index (χ1v) is 9.06. The second-order valence-corrected chi connectivity index (χ2v) is 6.78. The summed E-state index contributed by atoms with van der Waals surface area (Å²) >= 11 is 0. The highest BCUT2D eigenvalue weighted by atomic mass is 16.7. The number of ether oxygens (including phenoxy) is 2. The highest BCUT2D eigenvalue weighted by molar-refractivity contribution is 5.78. The van der Waals surface area contributed by atoms with E-state index in [-0.39, 0.29) is 12.7 Å². The van der Waals surface area contributed by atoms with Gasteiger partial charge in [0, 0.05) is 45.1 Å². The van der Waals surface area contributed by atoms with Crippen LogP contribution in [0.3, 0.4) is 0 Å². The third-order valence-corrected chi connectivity index (χ3v) is 4.76. The Morgan fingerprint density at radius 3 is 2.63 bits per heavy atom. The van der Waals surface area contributed by atoms with Crippen molar-refractivity contribution in [2.24, 2.45) is 0 Å². The minimum absolute atomic E-state index is 0.145. The molecule has 0 atom stereocenters. The number of benzene rings is 1. The van der Waals surface area contributed by atoms with Gasteiger partial charge in [-0.15, -0.1) is 0 Å². The lowest BCUT2D eigenvalue weighted by molar-refractivity contribution is -0.132. The molecular formula is C19H23N5O3. The molecule has 142 valence electrons. The molecule has 2 aliphatic rings. The minimum atomic E-state index is 0.145. The number of carbonyl (C=O) groups is 1. The van der Waals surface area contributed by atoms with Gasteiger partial charge in [-0.25, -0.2) is 9.97 Å². The third kappa shape index (κ3) is 4.11. The predicted octanol–water partition coefficient (Wildman–Crippen LogP) is 0.986. The topological polar surface area (TPSA) is 71.0 Å². The molecule has 1 aromatic heterocycles. The summed E-state index contributed by atoms with van der Waals surface area (Å²) < 4.78 is 10.7. The average Bonchev–Trinajstić information content (AvgIpc) is 3.16. The SMILES string of the molecule is CN(CC(=O)N1CCN(c2ncccn2)CC1)Cc1ccc2c(c1)OCO2. The van der Waals surface area contributed by atoms with Gasteiger partial charge >= 0.3 is 0 Å². The number of rotatable bonds is 5. The van der Waals surface area contributed by atoms with E-state index in [0.29, 0.717) is 26.2 Å². The molecule has 2 aliphatic heterocycles. The van der Waals surface area contributed by atoms with Crippen LogP contribution < -0.4 is 14.4 Å². The zero-order valence-electron chi connectivity index (χ0n) is 15.4. The molecule has 1 fully saturated rings. The van der Waals surface area contributed by atoms with Crippen molar-refractivity contribution in [3.63, 3.8) is 0 Å². The first-order valence-electron chi connectivity index (χ1n) is 9.06. The molecule has 0 saturated carbocycles. The van der Waals surface area contributed by atoms with E-state index in [1.807, 2.05) is 35.0 Å². The van der Waals surface area contributed by atoms with Crippen molar-refractivity contribution in [1.82, 2.24) is 19.8 Å². The second kappa shape index (κ2) is 7.79. The number of piperazine rings is 1. The van der Waals surface area contributed by atoms with Gasteiger partial charge in [0.1, 0.15) is 0 Å². The smallest absolute Gasteiger partial charge is 0.236 e. The minimum Gasteiger partial charge on any atom is -0.454 e. The lowest BCUT2D eigenvalue weighted by Gasteiger charge is -2.35. The summed E-state index contributed by atoms with van der Waals surface area (Å²) in [5, 5.41) is 0. The van der Waals surface area contributed by atoms with E-state index in [2.05, 4.69) is 14.9 Å². The molecule has 1 saturated heterocycles. The molecule has 2 aromatic rings. The first kappa shape index (κ1) is 17.5. The molecule has 4 rings (SSSR count). The Kier molecular flexibility index (Phi) is 5.06. The van der Waals surface area contributed by atoms with E-state index in [0.717, 1.165) is 36.1 Å². The van der Waals surface area contributed by atoms with E-state index in [1.54, 1.807) is 18.5 Å². The van der Waals surface area contributed by atoms with Crippen molar-refractivity contribution >= 4 is 11.9 Å². The van der Waals surface area contributed by atoms with Crippen molar-refractivity contribution in [2.45, 2.75) is 6.54 Å². The summed E-state index contributed by atoms with van der Waals surface area (Å²) in [7, 11) is 1.95. The van der Waals surface area contributed by atoms with Gasteiger partial charge < -0.3 is 19.3 Å². The van der Waals surface area contributed by atoms with Gasteiger partial charge in [-0.3, -0.25) is 9.69 Å². The van der Waals surface area contributed by atoms with Crippen LogP contribution in [-0.4, -0.2) is 72.2 Å². The van der Waals surface area contributed by atoms with Gasteiger partial charge in [0.2, 0.25) is 18.6 Å². The predicted molar refractivity (Wildman–Crippen MR) is 99.7 cm³/mol. The average molecular weight is 369 g/mol. The molecule has 27 heavy (non-hydrogen) atoms. The zero-order valence-corrected chi connectivity index (χ0v) is 15.4. The van der Waals surface area contributed by atoms with Crippen LogP contribution in [0.1, 0.15) is 5.56 Å². The number of aromatic nitrogens is 2. The maximum Gasteiger partial charge on any atom is 0.236 e. The van der Waals surface area contributed by atoms with Crippen LogP contribution in [0.2, 0.25) is 0 Å². The summed E-state index contributed by atoms with van der Waals surface area (Å²) in [6.07, 6.45) is 3.48. The Morgan fingerprint density at radius 1 is 1.11 bits per heavy atom. The van der Waals surface area contributed by atoms with Crippen LogP contribution in [0.25, 0.3) is 0 Å². The number of hydrogen-bond donors (Lipinski definition) is 0. The van der Waals surface area contributed by atoms with Crippen molar-refractivity contribution < 1.29 is 14.3 Å². The normalized spacial score (nSPS) is 16.1. The van der Waals surface area contributed by atoms with Crippen LogP contribution in [0, 0.1) is 0 Å². The standard InChI is InChI=1S/C19H23N5O3/c1-22(12-15-3-4-16-17(11-15)27-14-26-16)13-18(25)23-7-9-24(10-8-23)19-20-5-2-6-21-19/h2-6,11H,7-10,12-14H2,1H3. The molecule has 0 bridgehead atoms. The Labute approximate surface area is 158 Å². The van der Waals surface area contributed by atoms with E-state index in [1.165, 1.54) is 0 Å². The van der Waals surface area contributed by atoms with Gasteiger partial charge in [-0.05, 0) is 30.8 Å². The lowest BCUT2D eigenvalue weighted by atomic mass is 10.2. The Bertz CT molecular complexity index is 793. The van der Waals surface area contributed by atoms with Crippen LogP contribution >= 0.6 is 0 Å². The van der Waals surface area contributed by atoms with Gasteiger partial charge in [0.15, 0.2) is 11.5 Å². The Morgan fingerprint density at radius 2 is 1.85 bits per heavy atom. The number of anilines is 1. The number of carbonyl (C=O) groups excluding carboxylic acids is 1. The molecule has 0 aliphatic carbocycles. The summed E-state index contributed by atoms with van der Waals surface area (Å²) in [5.74, 6) is 2.42. The van der Waals surface area contributed by atoms with Gasteiger partial charge in [-0.2, -0.15) is 0 Å². The number of fused-ring (bicyclic) bond motifs is 1. The molecule has 0 N–H and O–H groups in total. The zero-order chi connectivity index (χ0) is 18.6. The molecule has 1 aromatic carbocycles. The molecule has 0 spiro atoms. The van der Waals surface area contributed by atoms with Crippen molar-refractivity contribution in [3.8, 4) is 11.5 Å². The summed E-state index contributed by atoms with van der Waals surface area (Å²) in [6, 6.07) is 7.70. The molecule has 1 amide bonds. The highest BCUT2D eigenvalue weighted by Crippen LogP contribution is 2.32. The summed E-state index contributed by atoms with van der Waals surface area (Å²) in [6.45, 7) is 4.22. The van der Waals surface area contributed by atoms with Crippen molar-refractivity contribution in [1.29, 1.82) is 0 Å². The van der Waals surface area contributed by atoms with E-state index < -0.39 is 0 Å². The van der Waals surface area contributed by atoms with Gasteiger partial charge in [0.25, 0.3) is 0 Å². The van der Waals surface area contributed by atoms with E-state index in [9.17, 15) is 4.79 Å². The molecule has 3 heterocycles. The first-order chi connectivity index (χ1) is 13.2. The third-order valence-electron chi connectivity index (χ3n) is 4.76. The fourth-order valence-corrected chi connectivity index (χ4v) is 3.35. The fourth-order valence-electron chi connectivity index (χ4n) is 3.35. The molecular weight excluding hydrogens is 346 g/mol. The maximum absolute atomic E-state index is 12.6. The Balaban J connectivity index is 1.27. The van der Waals surface area contributed by atoms with Crippen LogP contribution in [0.5, 0.6) is 11.5 Å². The van der Waals surface area contributed by atoms with Crippen LogP contribution in [0.15, 0.2) is 36.7 Å². The molecule has 0 unspecified atom stereocenters. The lowest BCUT2D eigenvalue weighted by Crippen LogP contribution is -2.51. The van der Waals surface area contributed by atoms with Crippen LogP contribution in [0.4, 0.5) is 5.95 Å². The largest absolute Gasteiger partial charge is 0.454 e. The highest BCUT2D eigenvalue weighted by Gasteiger charge is 2.23. The van der Waals surface area contributed by atoms with Crippen molar-refractivity contribution in [3.05, 3.63) is 42.2 Å². The van der Waals surface area contributed by atoms with E-state index >= 15 is 0 Å². The summed E-state index contributed by atoms with van der Waals surface area (Å²) in [5.41, 5.74) is 1.10. The number of likely N-dealkylation sites (N-methyl/N-ethyl adjacent to an activating group) is 1.